The van der Waals surface area contributed by atoms with Gasteiger partial charge in [0.25, 0.3) is 0 Å². The van der Waals surface area contributed by atoms with Gasteiger partial charge in [-0.25, -0.2) is 0 Å². The number of hydrogen-bond acceptors (Lipinski definition) is 11. The molecule has 432 valence electrons. The monoisotopic (exact) mass is 1040 g/mol. The highest BCUT2D eigenvalue weighted by Crippen LogP contribution is 2.29. The molecule has 2 aliphatic heterocycles. The molecule has 13 nitrogen and oxygen atoms in total. The summed E-state index contributed by atoms with van der Waals surface area (Å²) < 4.78 is 17.9. The van der Waals surface area contributed by atoms with Crippen LogP contribution >= 0.6 is 0 Å². The van der Waals surface area contributed by atoms with Crippen LogP contribution in [0.5, 0.6) is 0 Å². The van der Waals surface area contributed by atoms with Crippen LogP contribution in [0.1, 0.15) is 285 Å². The summed E-state index contributed by atoms with van der Waals surface area (Å²) in [7, 11) is 0. The molecule has 1 unspecified atom stereocenters. The first-order chi connectivity index (χ1) is 35.5. The normalized spacial score (nSPS) is 24.4. The van der Waals surface area contributed by atoms with Crippen LogP contribution < -0.4 is 10.6 Å². The predicted octanol–water partition coefficient (Wildman–Crippen LogP) is 11.8. The van der Waals surface area contributed by atoms with Crippen LogP contribution in [0.25, 0.3) is 0 Å². The zero-order valence-corrected chi connectivity index (χ0v) is 47.4. The molecule has 0 saturated carbocycles. The van der Waals surface area contributed by atoms with Crippen molar-refractivity contribution >= 4 is 11.8 Å². The van der Waals surface area contributed by atoms with E-state index < -0.39 is 61.4 Å². The van der Waals surface area contributed by atoms with Gasteiger partial charge in [0, 0.05) is 24.9 Å². The summed E-state index contributed by atoms with van der Waals surface area (Å²) in [5.41, 5.74) is 0. The highest BCUT2D eigenvalue weighted by Gasteiger charge is 2.50. The maximum absolute atomic E-state index is 13.8. The van der Waals surface area contributed by atoms with Gasteiger partial charge < -0.3 is 55.5 Å². The first kappa shape index (κ1) is 67.7. The van der Waals surface area contributed by atoms with E-state index in [-0.39, 0.29) is 36.7 Å². The first-order valence-corrected chi connectivity index (χ1v) is 31.1. The van der Waals surface area contributed by atoms with E-state index >= 15 is 0 Å². The lowest BCUT2D eigenvalue weighted by molar-refractivity contribution is -0.372. The molecule has 2 rings (SSSR count). The Hall–Kier alpha value is -1.42. The molecule has 10 atom stereocenters. The third-order valence-electron chi connectivity index (χ3n) is 15.9. The summed E-state index contributed by atoms with van der Waals surface area (Å²) in [4.78, 5) is 27.6. The lowest BCUT2D eigenvalue weighted by atomic mass is 9.92. The summed E-state index contributed by atoms with van der Waals surface area (Å²) >= 11 is 0. The Morgan fingerprint density at radius 1 is 0.342 bits per heavy atom. The van der Waals surface area contributed by atoms with Crippen molar-refractivity contribution in [2.24, 2.45) is 11.8 Å². The summed E-state index contributed by atoms with van der Waals surface area (Å²) in [6.07, 6.45) is 30.5. The Morgan fingerprint density at radius 2 is 0.562 bits per heavy atom. The molecule has 0 aromatic rings. The Bertz CT molecular complexity index is 1160. The zero-order valence-electron chi connectivity index (χ0n) is 47.4. The van der Waals surface area contributed by atoms with Gasteiger partial charge in [-0.1, -0.05) is 259 Å². The minimum absolute atomic E-state index is 0.135. The van der Waals surface area contributed by atoms with Crippen LogP contribution in [0.3, 0.4) is 0 Å². The van der Waals surface area contributed by atoms with Gasteiger partial charge in [0.05, 0.1) is 0 Å². The van der Waals surface area contributed by atoms with Crippen LogP contribution in [-0.4, -0.2) is 117 Å². The van der Waals surface area contributed by atoms with Crippen LogP contribution in [0.4, 0.5) is 0 Å². The highest BCUT2D eigenvalue weighted by molar-refractivity contribution is 5.79. The zero-order chi connectivity index (χ0) is 53.3. The number of rotatable bonds is 48. The molecule has 2 fully saturated rings. The number of carbonyl (C=O) groups excluding carboxylic acids is 2. The van der Waals surface area contributed by atoms with Gasteiger partial charge in [0.2, 0.25) is 11.8 Å². The molecule has 0 aromatic carbocycles. The lowest BCUT2D eigenvalue weighted by Crippen LogP contribution is -2.65. The molecule has 0 aliphatic carbocycles. The quantitative estimate of drug-likeness (QED) is 0.0269. The molecular weight excluding hydrogens is 925 g/mol. The molecule has 2 amide bonds. The summed E-state index contributed by atoms with van der Waals surface area (Å²) in [6.45, 7) is 8.62. The lowest BCUT2D eigenvalue weighted by Gasteiger charge is -2.45. The van der Waals surface area contributed by atoms with Crippen molar-refractivity contribution in [3.05, 3.63) is 0 Å². The van der Waals surface area contributed by atoms with Crippen LogP contribution in [0.15, 0.2) is 0 Å². The van der Waals surface area contributed by atoms with E-state index in [9.17, 15) is 40.2 Å². The molecule has 0 radical (unpaired) electrons. The molecule has 2 saturated heterocycles. The van der Waals surface area contributed by atoms with E-state index in [4.69, 9.17) is 14.2 Å². The average Bonchev–Trinajstić information content (AvgIpc) is 3.39. The van der Waals surface area contributed by atoms with Crippen molar-refractivity contribution in [1.82, 2.24) is 10.6 Å². The van der Waals surface area contributed by atoms with Crippen molar-refractivity contribution in [3.8, 4) is 0 Å². The van der Waals surface area contributed by atoms with Gasteiger partial charge in [-0.15, -0.1) is 0 Å². The van der Waals surface area contributed by atoms with Crippen LogP contribution in [0, 0.1) is 11.8 Å². The number of carbonyl (C=O) groups is 2. The molecule has 2 aliphatic rings. The van der Waals surface area contributed by atoms with E-state index in [0.717, 1.165) is 103 Å². The standard InChI is InChI=1S/C60H116N2O11/c1-5-9-13-17-21-25-29-33-37-41-47(42-38-34-30-26-22-18-14-10-6-2)57(69)61-45-49-51(63)53(65)55(67)59(71-49)73-60-56(68)54(66)52(64)50(72-60)46-62-58(70)48(43-39-35-31-27-23-19-15-11-7-3)44-40-36-32-28-24-20-16-12-8-4/h47-56,59-60,63-68H,5-46H2,1-4H3,(H,61,69)(H,62,70)/t49-,50?,51-,52-,53+,54+,55-,56-,59-,60-/m1/s1. The highest BCUT2D eigenvalue weighted by atomic mass is 16.8. The fraction of sp³-hybridized carbons (Fsp3) is 0.967. The topological polar surface area (TPSA) is 207 Å². The van der Waals surface area contributed by atoms with E-state index in [0.29, 0.717) is 0 Å². The molecule has 13 heteroatoms. The molecule has 0 spiro atoms. The Kier molecular flexibility index (Phi) is 41.3. The average molecular weight is 1040 g/mol. The minimum atomic E-state index is -1.77. The number of amides is 2. The number of aliphatic hydroxyl groups excluding tert-OH is 6. The largest absolute Gasteiger partial charge is 0.388 e. The second kappa shape index (κ2) is 44.5. The van der Waals surface area contributed by atoms with E-state index in [1.807, 2.05) is 0 Å². The van der Waals surface area contributed by atoms with Gasteiger partial charge in [-0.2, -0.15) is 0 Å². The van der Waals surface area contributed by atoms with Gasteiger partial charge in [-0.05, 0) is 25.7 Å². The summed E-state index contributed by atoms with van der Waals surface area (Å²) in [5, 5.41) is 72.0. The van der Waals surface area contributed by atoms with Crippen molar-refractivity contribution in [2.45, 2.75) is 346 Å². The van der Waals surface area contributed by atoms with E-state index in [1.54, 1.807) is 0 Å². The fourth-order valence-electron chi connectivity index (χ4n) is 10.8. The second-order valence-corrected chi connectivity index (χ2v) is 22.5. The molecule has 0 bridgehead atoms. The van der Waals surface area contributed by atoms with Crippen LogP contribution in [0.2, 0.25) is 0 Å². The van der Waals surface area contributed by atoms with Crippen molar-refractivity contribution in [3.63, 3.8) is 0 Å². The number of hydrogen-bond donors (Lipinski definition) is 8. The molecule has 73 heavy (non-hydrogen) atoms. The SMILES string of the molecule is CCCCCCCCCCCC(CCCCCCCCCCC)C(=O)NCC1O[C@H](O[C@H]2O[C@H](CNC(=O)C(CCCCCCCCCCC)CCCCCCCCCCC)[C@@H](O)[C@H](O)[C@H]2O)[C@H](O)[C@@H](O)[C@@H]1O. The van der Waals surface area contributed by atoms with Crippen molar-refractivity contribution in [1.29, 1.82) is 0 Å². The summed E-state index contributed by atoms with van der Waals surface area (Å²) in [6, 6.07) is 0. The fourth-order valence-corrected chi connectivity index (χ4v) is 10.8. The number of aliphatic hydroxyl groups is 6. The third kappa shape index (κ3) is 30.4. The van der Waals surface area contributed by atoms with E-state index in [1.165, 1.54) is 154 Å². The van der Waals surface area contributed by atoms with Crippen molar-refractivity contribution < 1.29 is 54.4 Å². The minimum Gasteiger partial charge on any atom is -0.388 e. The number of unbranched alkanes of at least 4 members (excludes halogenated alkanes) is 32. The van der Waals surface area contributed by atoms with Gasteiger partial charge in [-0.3, -0.25) is 9.59 Å². The molecule has 0 aromatic heterocycles. The Balaban J connectivity index is 2.01. The maximum Gasteiger partial charge on any atom is 0.223 e. The first-order valence-electron chi connectivity index (χ1n) is 31.1. The van der Waals surface area contributed by atoms with Crippen molar-refractivity contribution in [2.75, 3.05) is 13.1 Å². The van der Waals surface area contributed by atoms with Gasteiger partial charge in [0.15, 0.2) is 12.6 Å². The Morgan fingerprint density at radius 3 is 0.795 bits per heavy atom. The molecule has 8 N–H and O–H groups in total. The maximum atomic E-state index is 13.8. The molecule has 2 heterocycles. The van der Waals surface area contributed by atoms with Crippen LogP contribution in [-0.2, 0) is 23.8 Å². The predicted molar refractivity (Wildman–Crippen MR) is 295 cm³/mol. The number of ether oxygens (including phenoxy) is 3. The summed E-state index contributed by atoms with van der Waals surface area (Å²) in [5.74, 6) is -0.670. The smallest absolute Gasteiger partial charge is 0.223 e. The number of nitrogens with one attached hydrogen (secondary N) is 2. The van der Waals surface area contributed by atoms with Gasteiger partial charge >= 0.3 is 0 Å². The third-order valence-corrected chi connectivity index (χ3v) is 15.9. The second-order valence-electron chi connectivity index (χ2n) is 22.5. The van der Waals surface area contributed by atoms with Gasteiger partial charge in [0.1, 0.15) is 48.8 Å². The molecular formula is C60H116N2O11. The Labute approximate surface area is 446 Å². The van der Waals surface area contributed by atoms with E-state index in [2.05, 4.69) is 38.3 Å².